The lowest BCUT2D eigenvalue weighted by molar-refractivity contribution is -0.154. The molecule has 26 heavy (non-hydrogen) atoms. The molecule has 2 aromatic rings. The van der Waals surface area contributed by atoms with E-state index in [0.29, 0.717) is 12.5 Å². The molecule has 1 aromatic heterocycles. The number of thiazole rings is 1. The fourth-order valence-electron chi connectivity index (χ4n) is 2.88. The van der Waals surface area contributed by atoms with E-state index in [2.05, 4.69) is 24.1 Å². The van der Waals surface area contributed by atoms with Gasteiger partial charge in [-0.3, -0.25) is 9.59 Å². The second-order valence-electron chi connectivity index (χ2n) is 6.71. The van der Waals surface area contributed by atoms with Crippen LogP contribution in [0.15, 0.2) is 35.7 Å². The zero-order chi connectivity index (χ0) is 18.7. The number of amides is 2. The third-order valence-electron chi connectivity index (χ3n) is 4.25. The lowest BCUT2D eigenvalue weighted by atomic mass is 9.99. The van der Waals surface area contributed by atoms with Crippen LogP contribution >= 0.6 is 11.3 Å². The molecule has 7 heteroatoms. The summed E-state index contributed by atoms with van der Waals surface area (Å²) in [4.78, 5) is 30.9. The summed E-state index contributed by atoms with van der Waals surface area (Å²) in [5, 5.41) is 5.92. The summed E-state index contributed by atoms with van der Waals surface area (Å²) in [5.74, 6) is -0.0151. The molecule has 1 aromatic carbocycles. The van der Waals surface area contributed by atoms with Crippen molar-refractivity contribution in [3.8, 4) is 0 Å². The SMILES string of the molecule is CC(C)c1nc(CN(C)C(=O)[C@H]2OCC(=O)N[C@@H]2c2ccccc2)cs1. The predicted molar refractivity (Wildman–Crippen MR) is 99.7 cm³/mol. The first-order valence-electron chi connectivity index (χ1n) is 8.61. The van der Waals surface area contributed by atoms with Crippen LogP contribution < -0.4 is 5.32 Å². The highest BCUT2D eigenvalue weighted by Gasteiger charge is 2.37. The summed E-state index contributed by atoms with van der Waals surface area (Å²) in [6, 6.07) is 8.93. The van der Waals surface area contributed by atoms with E-state index in [1.807, 2.05) is 35.7 Å². The summed E-state index contributed by atoms with van der Waals surface area (Å²) < 4.78 is 5.60. The topological polar surface area (TPSA) is 71.5 Å². The number of nitrogens with one attached hydrogen (secondary N) is 1. The quantitative estimate of drug-likeness (QED) is 0.874. The highest BCUT2D eigenvalue weighted by molar-refractivity contribution is 7.09. The second-order valence-corrected chi connectivity index (χ2v) is 7.60. The van der Waals surface area contributed by atoms with Gasteiger partial charge in [-0.05, 0) is 5.56 Å². The van der Waals surface area contributed by atoms with Gasteiger partial charge in [0.05, 0.1) is 23.3 Å². The Bertz CT molecular complexity index is 775. The number of benzene rings is 1. The first kappa shape index (κ1) is 18.5. The van der Waals surface area contributed by atoms with Crippen LogP contribution in [0.3, 0.4) is 0 Å². The van der Waals surface area contributed by atoms with E-state index in [-0.39, 0.29) is 18.4 Å². The molecule has 0 unspecified atom stereocenters. The van der Waals surface area contributed by atoms with E-state index in [4.69, 9.17) is 4.74 Å². The van der Waals surface area contributed by atoms with Crippen molar-refractivity contribution in [2.24, 2.45) is 0 Å². The number of hydrogen-bond acceptors (Lipinski definition) is 5. The number of hydrogen-bond donors (Lipinski definition) is 1. The Morgan fingerprint density at radius 1 is 1.38 bits per heavy atom. The number of carbonyl (C=O) groups is 2. The van der Waals surface area contributed by atoms with Crippen LogP contribution in [-0.4, -0.2) is 41.5 Å². The zero-order valence-corrected chi connectivity index (χ0v) is 16.0. The molecule has 138 valence electrons. The van der Waals surface area contributed by atoms with Crippen LogP contribution in [0.4, 0.5) is 0 Å². The highest BCUT2D eigenvalue weighted by Crippen LogP contribution is 2.25. The number of carbonyl (C=O) groups excluding carboxylic acids is 2. The fourth-order valence-corrected chi connectivity index (χ4v) is 3.71. The molecule has 2 atom stereocenters. The van der Waals surface area contributed by atoms with E-state index < -0.39 is 12.1 Å². The first-order valence-corrected chi connectivity index (χ1v) is 9.49. The Morgan fingerprint density at radius 2 is 2.12 bits per heavy atom. The molecule has 0 aliphatic carbocycles. The lowest BCUT2D eigenvalue weighted by Crippen LogP contribution is -2.52. The van der Waals surface area contributed by atoms with E-state index in [9.17, 15) is 9.59 Å². The molecule has 0 spiro atoms. The predicted octanol–water partition coefficient (Wildman–Crippen LogP) is 2.48. The Labute approximate surface area is 157 Å². The van der Waals surface area contributed by atoms with Gasteiger partial charge in [-0.2, -0.15) is 0 Å². The van der Waals surface area contributed by atoms with Gasteiger partial charge in [-0.15, -0.1) is 11.3 Å². The van der Waals surface area contributed by atoms with Crippen molar-refractivity contribution in [1.29, 1.82) is 0 Å². The lowest BCUT2D eigenvalue weighted by Gasteiger charge is -2.34. The van der Waals surface area contributed by atoms with Gasteiger partial charge in [0, 0.05) is 18.3 Å². The third-order valence-corrected chi connectivity index (χ3v) is 5.45. The minimum Gasteiger partial charge on any atom is -0.356 e. The minimum atomic E-state index is -0.747. The van der Waals surface area contributed by atoms with Crippen LogP contribution in [0.5, 0.6) is 0 Å². The van der Waals surface area contributed by atoms with Crippen molar-refractivity contribution in [1.82, 2.24) is 15.2 Å². The maximum Gasteiger partial charge on any atom is 0.254 e. The highest BCUT2D eigenvalue weighted by atomic mass is 32.1. The normalized spacial score (nSPS) is 20.1. The Morgan fingerprint density at radius 3 is 2.77 bits per heavy atom. The van der Waals surface area contributed by atoms with Crippen molar-refractivity contribution in [2.45, 2.75) is 38.5 Å². The second kappa shape index (κ2) is 7.97. The molecule has 0 saturated carbocycles. The minimum absolute atomic E-state index is 0.109. The number of aromatic nitrogens is 1. The number of likely N-dealkylation sites (N-methyl/N-ethyl adjacent to an activating group) is 1. The van der Waals surface area contributed by atoms with Crippen LogP contribution in [0.25, 0.3) is 0 Å². The fraction of sp³-hybridized carbons (Fsp3) is 0.421. The van der Waals surface area contributed by atoms with E-state index in [1.165, 1.54) is 0 Å². The van der Waals surface area contributed by atoms with Gasteiger partial charge in [-0.1, -0.05) is 44.2 Å². The van der Waals surface area contributed by atoms with Gasteiger partial charge in [0.2, 0.25) is 5.91 Å². The average Bonchev–Trinajstić information content (AvgIpc) is 3.10. The van der Waals surface area contributed by atoms with Crippen molar-refractivity contribution < 1.29 is 14.3 Å². The maximum absolute atomic E-state index is 13.0. The summed E-state index contributed by atoms with van der Waals surface area (Å²) in [7, 11) is 1.73. The number of nitrogens with zero attached hydrogens (tertiary/aromatic N) is 2. The standard InChI is InChI=1S/C19H23N3O3S/c1-12(2)18-20-14(11-26-18)9-22(3)19(24)17-16(21-15(23)10-25-17)13-7-5-4-6-8-13/h4-8,11-12,16-17H,9-10H2,1-3H3,(H,21,23)/t16-,17+/m1/s1. The van der Waals surface area contributed by atoms with Crippen molar-refractivity contribution in [2.75, 3.05) is 13.7 Å². The smallest absolute Gasteiger partial charge is 0.254 e. The van der Waals surface area contributed by atoms with Crippen molar-refractivity contribution in [3.63, 3.8) is 0 Å². The number of ether oxygens (including phenoxy) is 1. The molecule has 2 amide bonds. The van der Waals surface area contributed by atoms with Crippen molar-refractivity contribution in [3.05, 3.63) is 52.0 Å². The summed E-state index contributed by atoms with van der Waals surface area (Å²) in [6.45, 7) is 4.50. The zero-order valence-electron chi connectivity index (χ0n) is 15.1. The van der Waals surface area contributed by atoms with Crippen LogP contribution in [0.1, 0.15) is 42.1 Å². The number of rotatable bonds is 5. The van der Waals surface area contributed by atoms with Gasteiger partial charge >= 0.3 is 0 Å². The van der Waals surface area contributed by atoms with E-state index in [0.717, 1.165) is 16.3 Å². The molecule has 1 saturated heterocycles. The van der Waals surface area contributed by atoms with Gasteiger partial charge in [0.15, 0.2) is 6.10 Å². The molecule has 0 bridgehead atoms. The molecule has 3 rings (SSSR count). The van der Waals surface area contributed by atoms with Crippen LogP contribution in [0, 0.1) is 0 Å². The molecule has 1 aliphatic heterocycles. The van der Waals surface area contributed by atoms with E-state index in [1.54, 1.807) is 23.3 Å². The Hall–Kier alpha value is -2.25. The van der Waals surface area contributed by atoms with Crippen LogP contribution in [-0.2, 0) is 20.9 Å². The van der Waals surface area contributed by atoms with Gasteiger partial charge in [-0.25, -0.2) is 4.98 Å². The van der Waals surface area contributed by atoms with E-state index >= 15 is 0 Å². The Balaban J connectivity index is 1.74. The van der Waals surface area contributed by atoms with Crippen molar-refractivity contribution >= 4 is 23.2 Å². The number of morpholine rings is 1. The molecular weight excluding hydrogens is 350 g/mol. The molecule has 1 N–H and O–H groups in total. The molecule has 1 aliphatic rings. The monoisotopic (exact) mass is 373 g/mol. The largest absolute Gasteiger partial charge is 0.356 e. The average molecular weight is 373 g/mol. The summed E-state index contributed by atoms with van der Waals surface area (Å²) in [6.07, 6.45) is -0.747. The molecule has 2 heterocycles. The van der Waals surface area contributed by atoms with Gasteiger partial charge in [0.1, 0.15) is 6.61 Å². The Kier molecular flexibility index (Phi) is 5.68. The summed E-state index contributed by atoms with van der Waals surface area (Å²) in [5.41, 5.74) is 1.72. The van der Waals surface area contributed by atoms with Crippen LogP contribution in [0.2, 0.25) is 0 Å². The molecule has 6 nitrogen and oxygen atoms in total. The third kappa shape index (κ3) is 4.11. The summed E-state index contributed by atoms with van der Waals surface area (Å²) >= 11 is 1.61. The first-order chi connectivity index (χ1) is 12.5. The molecular formula is C19H23N3O3S. The molecule has 1 fully saturated rings. The maximum atomic E-state index is 13.0. The van der Waals surface area contributed by atoms with Gasteiger partial charge < -0.3 is 15.0 Å². The van der Waals surface area contributed by atoms with Gasteiger partial charge in [0.25, 0.3) is 5.91 Å². The molecule has 0 radical (unpaired) electrons.